The number of rotatable bonds is 3. The molecule has 1 amide bonds. The largest absolute Gasteiger partial charge is 0.333 e. The maximum absolute atomic E-state index is 12.5. The molecule has 0 fully saturated rings. The molecule has 0 spiro atoms. The van der Waals surface area contributed by atoms with E-state index >= 15 is 0 Å². The number of anilines is 1. The van der Waals surface area contributed by atoms with E-state index in [1.807, 2.05) is 30.5 Å². The number of aryl methyl sites for hydroxylation is 1. The molecule has 0 aliphatic rings. The summed E-state index contributed by atoms with van der Waals surface area (Å²) < 4.78 is 3.20. The fourth-order valence-corrected chi connectivity index (χ4v) is 3.21. The van der Waals surface area contributed by atoms with Gasteiger partial charge in [0.15, 0.2) is 0 Å². The third kappa shape index (κ3) is 2.56. The van der Waals surface area contributed by atoms with Gasteiger partial charge in [0.2, 0.25) is 0 Å². The van der Waals surface area contributed by atoms with Gasteiger partial charge in [-0.3, -0.25) is 4.79 Å². The van der Waals surface area contributed by atoms with E-state index in [0.29, 0.717) is 11.5 Å². The van der Waals surface area contributed by atoms with E-state index in [1.165, 1.54) is 0 Å². The molecule has 21 heavy (non-hydrogen) atoms. The Balaban J connectivity index is 1.95. The standard InChI is InChI=1S/C16H17N3OS/c1-10(2)19-12-6-7-21-14(12)8-13(19)16(20)18-15-5-4-11(3)9-17-15/h4-10H,1-3H3,(H,17,18,20). The number of carbonyl (C=O) groups excluding carboxylic acids is 1. The van der Waals surface area contributed by atoms with Crippen molar-refractivity contribution < 1.29 is 4.79 Å². The van der Waals surface area contributed by atoms with Gasteiger partial charge >= 0.3 is 0 Å². The van der Waals surface area contributed by atoms with Crippen molar-refractivity contribution in [2.24, 2.45) is 0 Å². The van der Waals surface area contributed by atoms with Gasteiger partial charge in [-0.15, -0.1) is 11.3 Å². The Morgan fingerprint density at radius 2 is 2.14 bits per heavy atom. The van der Waals surface area contributed by atoms with E-state index in [2.05, 4.69) is 34.8 Å². The van der Waals surface area contributed by atoms with Gasteiger partial charge in [-0.25, -0.2) is 4.98 Å². The second-order valence-electron chi connectivity index (χ2n) is 5.34. The zero-order chi connectivity index (χ0) is 15.0. The quantitative estimate of drug-likeness (QED) is 0.786. The molecular formula is C16H17N3OS. The number of carbonyl (C=O) groups is 1. The lowest BCUT2D eigenvalue weighted by Gasteiger charge is -2.13. The van der Waals surface area contributed by atoms with Crippen LogP contribution >= 0.6 is 11.3 Å². The summed E-state index contributed by atoms with van der Waals surface area (Å²) in [5.74, 6) is 0.453. The zero-order valence-corrected chi connectivity index (χ0v) is 13.1. The van der Waals surface area contributed by atoms with Crippen molar-refractivity contribution in [3.63, 3.8) is 0 Å². The highest BCUT2D eigenvalue weighted by Gasteiger charge is 2.18. The first-order valence-electron chi connectivity index (χ1n) is 6.88. The zero-order valence-electron chi connectivity index (χ0n) is 12.3. The topological polar surface area (TPSA) is 46.9 Å². The fourth-order valence-electron chi connectivity index (χ4n) is 2.40. The van der Waals surface area contributed by atoms with Gasteiger partial charge in [-0.2, -0.15) is 0 Å². The number of thiophene rings is 1. The summed E-state index contributed by atoms with van der Waals surface area (Å²) in [7, 11) is 0. The van der Waals surface area contributed by atoms with Crippen LogP contribution in [0.15, 0.2) is 35.8 Å². The van der Waals surface area contributed by atoms with Crippen molar-refractivity contribution in [2.45, 2.75) is 26.8 Å². The van der Waals surface area contributed by atoms with Crippen molar-refractivity contribution in [1.82, 2.24) is 9.55 Å². The molecule has 1 N–H and O–H groups in total. The van der Waals surface area contributed by atoms with Crippen LogP contribution in [0.5, 0.6) is 0 Å². The van der Waals surface area contributed by atoms with E-state index < -0.39 is 0 Å². The van der Waals surface area contributed by atoms with Gasteiger partial charge in [0, 0.05) is 12.2 Å². The van der Waals surface area contributed by atoms with Crippen molar-refractivity contribution in [2.75, 3.05) is 5.32 Å². The van der Waals surface area contributed by atoms with Crippen molar-refractivity contribution in [1.29, 1.82) is 0 Å². The number of nitrogens with zero attached hydrogens (tertiary/aromatic N) is 2. The van der Waals surface area contributed by atoms with Gasteiger partial charge in [0.25, 0.3) is 5.91 Å². The molecule has 4 nitrogen and oxygen atoms in total. The molecule has 3 heterocycles. The van der Waals surface area contributed by atoms with Crippen molar-refractivity contribution in [3.05, 3.63) is 47.1 Å². The predicted octanol–water partition coefficient (Wildman–Crippen LogP) is 4.24. The summed E-state index contributed by atoms with van der Waals surface area (Å²) in [6, 6.07) is 7.98. The molecule has 0 saturated heterocycles. The summed E-state index contributed by atoms with van der Waals surface area (Å²) in [5.41, 5.74) is 2.85. The smallest absolute Gasteiger partial charge is 0.273 e. The molecule has 0 aliphatic heterocycles. The van der Waals surface area contributed by atoms with Crippen LogP contribution in [-0.2, 0) is 0 Å². The first-order chi connectivity index (χ1) is 10.1. The molecule has 3 aromatic heterocycles. The number of hydrogen-bond acceptors (Lipinski definition) is 3. The number of hydrogen-bond donors (Lipinski definition) is 1. The third-order valence-corrected chi connectivity index (χ3v) is 4.22. The van der Waals surface area contributed by atoms with Crippen LogP contribution in [0.1, 0.15) is 35.9 Å². The lowest BCUT2D eigenvalue weighted by Crippen LogP contribution is -2.18. The molecule has 0 bridgehead atoms. The molecule has 0 aromatic carbocycles. The first kappa shape index (κ1) is 13.8. The fraction of sp³-hybridized carbons (Fsp3) is 0.250. The van der Waals surface area contributed by atoms with E-state index in [1.54, 1.807) is 17.5 Å². The second kappa shape index (κ2) is 5.33. The molecule has 3 rings (SSSR count). The summed E-state index contributed by atoms with van der Waals surface area (Å²) in [6.45, 7) is 6.13. The van der Waals surface area contributed by atoms with E-state index in [0.717, 1.165) is 15.8 Å². The minimum absolute atomic E-state index is 0.122. The molecule has 3 aromatic rings. The van der Waals surface area contributed by atoms with Gasteiger partial charge in [-0.1, -0.05) is 6.07 Å². The van der Waals surface area contributed by atoms with Crippen LogP contribution in [-0.4, -0.2) is 15.5 Å². The van der Waals surface area contributed by atoms with Gasteiger partial charge in [-0.05, 0) is 49.9 Å². The Hall–Kier alpha value is -2.14. The Kier molecular flexibility index (Phi) is 3.51. The van der Waals surface area contributed by atoms with Crippen LogP contribution < -0.4 is 5.32 Å². The summed E-state index contributed by atoms with van der Waals surface area (Å²) in [5, 5.41) is 4.91. The molecule has 0 radical (unpaired) electrons. The number of pyridine rings is 1. The van der Waals surface area contributed by atoms with Crippen LogP contribution in [0.25, 0.3) is 10.2 Å². The highest BCUT2D eigenvalue weighted by Crippen LogP contribution is 2.28. The van der Waals surface area contributed by atoms with Crippen LogP contribution in [0.3, 0.4) is 0 Å². The Labute approximate surface area is 127 Å². The third-order valence-electron chi connectivity index (χ3n) is 3.36. The highest BCUT2D eigenvalue weighted by atomic mass is 32.1. The van der Waals surface area contributed by atoms with Crippen molar-refractivity contribution in [3.8, 4) is 0 Å². The summed E-state index contributed by atoms with van der Waals surface area (Å²) in [6.07, 6.45) is 1.75. The average Bonchev–Trinajstić information content (AvgIpc) is 3.00. The summed E-state index contributed by atoms with van der Waals surface area (Å²) >= 11 is 1.65. The molecule has 0 unspecified atom stereocenters. The first-order valence-corrected chi connectivity index (χ1v) is 7.76. The van der Waals surface area contributed by atoms with Crippen LogP contribution in [0.2, 0.25) is 0 Å². The minimum atomic E-state index is -0.122. The Morgan fingerprint density at radius 3 is 2.81 bits per heavy atom. The molecule has 5 heteroatoms. The molecule has 108 valence electrons. The second-order valence-corrected chi connectivity index (χ2v) is 6.29. The monoisotopic (exact) mass is 299 g/mol. The van der Waals surface area contributed by atoms with E-state index in [4.69, 9.17) is 0 Å². The average molecular weight is 299 g/mol. The predicted molar refractivity (Wildman–Crippen MR) is 87.1 cm³/mol. The Morgan fingerprint density at radius 1 is 1.33 bits per heavy atom. The van der Waals surface area contributed by atoms with Crippen LogP contribution in [0.4, 0.5) is 5.82 Å². The number of nitrogens with one attached hydrogen (secondary N) is 1. The Bertz CT molecular complexity index is 784. The molecule has 0 atom stereocenters. The maximum atomic E-state index is 12.5. The SMILES string of the molecule is Cc1ccc(NC(=O)c2cc3sccc3n2C(C)C)nc1. The normalized spacial score (nSPS) is 11.2. The minimum Gasteiger partial charge on any atom is -0.333 e. The van der Waals surface area contributed by atoms with Gasteiger partial charge in [0.05, 0.1) is 10.2 Å². The van der Waals surface area contributed by atoms with E-state index in [-0.39, 0.29) is 11.9 Å². The molecular weight excluding hydrogens is 282 g/mol. The lowest BCUT2D eigenvalue weighted by atomic mass is 10.3. The van der Waals surface area contributed by atoms with Gasteiger partial charge < -0.3 is 9.88 Å². The van der Waals surface area contributed by atoms with Gasteiger partial charge in [0.1, 0.15) is 11.5 Å². The summed E-state index contributed by atoms with van der Waals surface area (Å²) in [4.78, 5) is 16.7. The lowest BCUT2D eigenvalue weighted by molar-refractivity contribution is 0.101. The number of aromatic nitrogens is 2. The molecule has 0 saturated carbocycles. The highest BCUT2D eigenvalue weighted by molar-refractivity contribution is 7.17. The number of amides is 1. The van der Waals surface area contributed by atoms with Crippen molar-refractivity contribution >= 4 is 33.3 Å². The van der Waals surface area contributed by atoms with Crippen LogP contribution in [0, 0.1) is 6.92 Å². The molecule has 0 aliphatic carbocycles. The maximum Gasteiger partial charge on any atom is 0.273 e. The van der Waals surface area contributed by atoms with E-state index in [9.17, 15) is 4.79 Å². The number of fused-ring (bicyclic) bond motifs is 1.